The zero-order valence-corrected chi connectivity index (χ0v) is 13.7. The molecule has 2 N–H and O–H groups in total. The molecule has 1 aromatic rings. The molecule has 2 aliphatic heterocycles. The van der Waals surface area contributed by atoms with Crippen LogP contribution in [0.3, 0.4) is 0 Å². The van der Waals surface area contributed by atoms with Crippen molar-refractivity contribution < 1.29 is 9.59 Å². The molecular weight excluding hydrogens is 290 g/mol. The monoisotopic (exact) mass is 315 g/mol. The smallest absolute Gasteiger partial charge is 0.243 e. The molecule has 2 fully saturated rings. The van der Waals surface area contributed by atoms with Gasteiger partial charge >= 0.3 is 0 Å². The molecule has 5 heteroatoms. The molecule has 2 heterocycles. The third-order valence-corrected chi connectivity index (χ3v) is 4.79. The number of aryl methyl sites for hydroxylation is 1. The van der Waals surface area contributed by atoms with Crippen LogP contribution in [-0.2, 0) is 16.1 Å². The van der Waals surface area contributed by atoms with Gasteiger partial charge in [0.1, 0.15) is 6.04 Å². The minimum atomic E-state index is -0.321. The molecule has 0 aliphatic carbocycles. The van der Waals surface area contributed by atoms with Crippen molar-refractivity contribution >= 4 is 11.8 Å². The first-order valence-corrected chi connectivity index (χ1v) is 8.49. The molecule has 2 saturated heterocycles. The third-order valence-electron chi connectivity index (χ3n) is 4.79. The number of likely N-dealkylation sites (tertiary alicyclic amines) is 1. The second kappa shape index (κ2) is 7.13. The van der Waals surface area contributed by atoms with Crippen molar-refractivity contribution in [2.45, 2.75) is 51.2 Å². The van der Waals surface area contributed by atoms with Crippen LogP contribution in [0.4, 0.5) is 0 Å². The second-order valence-corrected chi connectivity index (χ2v) is 6.59. The maximum absolute atomic E-state index is 12.6. The highest BCUT2D eigenvalue weighted by Gasteiger charge is 2.36. The fourth-order valence-electron chi connectivity index (χ4n) is 3.36. The molecule has 0 aromatic heterocycles. The van der Waals surface area contributed by atoms with Crippen LogP contribution in [0.25, 0.3) is 0 Å². The summed E-state index contributed by atoms with van der Waals surface area (Å²) >= 11 is 0. The predicted molar refractivity (Wildman–Crippen MR) is 88.8 cm³/mol. The Labute approximate surface area is 137 Å². The first-order chi connectivity index (χ1) is 11.1. The minimum Gasteiger partial charge on any atom is -0.351 e. The van der Waals surface area contributed by atoms with Crippen molar-refractivity contribution in [2.24, 2.45) is 0 Å². The van der Waals surface area contributed by atoms with Crippen LogP contribution in [-0.4, -0.2) is 41.9 Å². The van der Waals surface area contributed by atoms with E-state index in [2.05, 4.69) is 10.6 Å². The summed E-state index contributed by atoms with van der Waals surface area (Å²) in [4.78, 5) is 26.5. The van der Waals surface area contributed by atoms with Crippen molar-refractivity contribution in [1.82, 2.24) is 15.5 Å². The van der Waals surface area contributed by atoms with Gasteiger partial charge in [0.2, 0.25) is 11.8 Å². The van der Waals surface area contributed by atoms with Gasteiger partial charge in [-0.3, -0.25) is 9.59 Å². The van der Waals surface area contributed by atoms with Crippen molar-refractivity contribution in [3.63, 3.8) is 0 Å². The molecule has 2 aliphatic rings. The molecule has 1 atom stereocenters. The van der Waals surface area contributed by atoms with Crippen LogP contribution in [0.15, 0.2) is 24.3 Å². The minimum absolute atomic E-state index is 0.00913. The zero-order chi connectivity index (χ0) is 16.2. The number of carbonyl (C=O) groups is 2. The average Bonchev–Trinajstić information content (AvgIpc) is 2.92. The van der Waals surface area contributed by atoms with E-state index >= 15 is 0 Å². The molecule has 1 aromatic carbocycles. The fraction of sp³-hybridized carbons (Fsp3) is 0.556. The molecular formula is C18H25N3O2. The maximum Gasteiger partial charge on any atom is 0.243 e. The molecule has 124 valence electrons. The fourth-order valence-corrected chi connectivity index (χ4v) is 3.36. The number of nitrogens with one attached hydrogen (secondary N) is 2. The van der Waals surface area contributed by atoms with Gasteiger partial charge in [0.05, 0.1) is 0 Å². The van der Waals surface area contributed by atoms with Crippen LogP contribution in [0.1, 0.15) is 36.8 Å². The lowest BCUT2D eigenvalue weighted by atomic mass is 10.1. The van der Waals surface area contributed by atoms with Gasteiger partial charge in [-0.2, -0.15) is 0 Å². The van der Waals surface area contributed by atoms with E-state index in [4.69, 9.17) is 0 Å². The Hall–Kier alpha value is -1.88. The Morgan fingerprint density at radius 2 is 1.91 bits per heavy atom. The lowest BCUT2D eigenvalue weighted by Crippen LogP contribution is -2.50. The van der Waals surface area contributed by atoms with E-state index in [0.717, 1.165) is 31.5 Å². The van der Waals surface area contributed by atoms with Crippen LogP contribution in [0.2, 0.25) is 0 Å². The van der Waals surface area contributed by atoms with E-state index in [1.807, 2.05) is 31.2 Å². The van der Waals surface area contributed by atoms with Gasteiger partial charge < -0.3 is 15.5 Å². The first kappa shape index (κ1) is 16.0. The molecule has 1 unspecified atom stereocenters. The summed E-state index contributed by atoms with van der Waals surface area (Å²) in [5.41, 5.74) is 2.27. The summed E-state index contributed by atoms with van der Waals surface area (Å²) in [6.45, 7) is 4.45. The lowest BCUT2D eigenvalue weighted by molar-refractivity contribution is -0.136. The van der Waals surface area contributed by atoms with Crippen LogP contribution >= 0.6 is 0 Å². The standard InChI is InChI=1S/C18H25N3O2/c1-13-2-4-14(5-3-13)12-21-16(6-7-17(21)22)18(23)20-15-8-10-19-11-9-15/h2-5,15-16,19H,6-12H2,1H3,(H,20,23). The first-order valence-electron chi connectivity index (χ1n) is 8.49. The number of nitrogens with zero attached hydrogens (tertiary/aromatic N) is 1. The van der Waals surface area contributed by atoms with Crippen molar-refractivity contribution in [3.8, 4) is 0 Å². The highest BCUT2D eigenvalue weighted by atomic mass is 16.2. The summed E-state index contributed by atoms with van der Waals surface area (Å²) in [5, 5.41) is 6.43. The van der Waals surface area contributed by atoms with Crippen LogP contribution in [0.5, 0.6) is 0 Å². The Morgan fingerprint density at radius 3 is 2.61 bits per heavy atom. The van der Waals surface area contributed by atoms with E-state index < -0.39 is 0 Å². The van der Waals surface area contributed by atoms with Crippen molar-refractivity contribution in [2.75, 3.05) is 13.1 Å². The van der Waals surface area contributed by atoms with Gasteiger partial charge in [0.25, 0.3) is 0 Å². The Bertz CT molecular complexity index is 564. The molecule has 5 nitrogen and oxygen atoms in total. The summed E-state index contributed by atoms with van der Waals surface area (Å²) in [7, 11) is 0. The summed E-state index contributed by atoms with van der Waals surface area (Å²) in [6, 6.07) is 8.06. The predicted octanol–water partition coefficient (Wildman–Crippen LogP) is 1.35. The number of hydrogen-bond acceptors (Lipinski definition) is 3. The van der Waals surface area contributed by atoms with Gasteiger partial charge in [-0.15, -0.1) is 0 Å². The second-order valence-electron chi connectivity index (χ2n) is 6.59. The average molecular weight is 315 g/mol. The normalized spacial score (nSPS) is 22.4. The van der Waals surface area contributed by atoms with Gasteiger partial charge in [-0.25, -0.2) is 0 Å². The maximum atomic E-state index is 12.6. The molecule has 2 amide bonds. The van der Waals surface area contributed by atoms with E-state index in [9.17, 15) is 9.59 Å². The summed E-state index contributed by atoms with van der Waals surface area (Å²) in [6.07, 6.45) is 3.02. The van der Waals surface area contributed by atoms with E-state index in [0.29, 0.717) is 19.4 Å². The van der Waals surface area contributed by atoms with E-state index in [1.165, 1.54) is 5.56 Å². The quantitative estimate of drug-likeness (QED) is 0.882. The third kappa shape index (κ3) is 3.91. The number of carbonyl (C=O) groups excluding carboxylic acids is 2. The number of benzene rings is 1. The summed E-state index contributed by atoms with van der Waals surface area (Å²) < 4.78 is 0. The van der Waals surface area contributed by atoms with E-state index in [-0.39, 0.29) is 23.9 Å². The molecule has 0 saturated carbocycles. The SMILES string of the molecule is Cc1ccc(CN2C(=O)CCC2C(=O)NC2CCNCC2)cc1. The van der Waals surface area contributed by atoms with Crippen molar-refractivity contribution in [1.29, 1.82) is 0 Å². The zero-order valence-electron chi connectivity index (χ0n) is 13.7. The Kier molecular flexibility index (Phi) is 4.96. The number of amides is 2. The molecule has 0 bridgehead atoms. The van der Waals surface area contributed by atoms with Crippen LogP contribution in [0, 0.1) is 6.92 Å². The number of rotatable bonds is 4. The Balaban J connectivity index is 1.64. The van der Waals surface area contributed by atoms with Gasteiger partial charge in [-0.05, 0) is 44.8 Å². The highest BCUT2D eigenvalue weighted by molar-refractivity contribution is 5.91. The number of piperidine rings is 1. The topological polar surface area (TPSA) is 61.4 Å². The van der Waals surface area contributed by atoms with Crippen molar-refractivity contribution in [3.05, 3.63) is 35.4 Å². The molecule has 0 radical (unpaired) electrons. The van der Waals surface area contributed by atoms with Gasteiger partial charge in [0.15, 0.2) is 0 Å². The van der Waals surface area contributed by atoms with Gasteiger partial charge in [-0.1, -0.05) is 29.8 Å². The van der Waals surface area contributed by atoms with Crippen LogP contribution < -0.4 is 10.6 Å². The largest absolute Gasteiger partial charge is 0.351 e. The summed E-state index contributed by atoms with van der Waals surface area (Å²) in [5.74, 6) is 0.0888. The highest BCUT2D eigenvalue weighted by Crippen LogP contribution is 2.22. The Morgan fingerprint density at radius 1 is 1.22 bits per heavy atom. The van der Waals surface area contributed by atoms with Gasteiger partial charge in [0, 0.05) is 19.0 Å². The molecule has 23 heavy (non-hydrogen) atoms. The molecule has 3 rings (SSSR count). The lowest BCUT2D eigenvalue weighted by Gasteiger charge is -2.28. The number of hydrogen-bond donors (Lipinski definition) is 2. The van der Waals surface area contributed by atoms with E-state index in [1.54, 1.807) is 4.90 Å². The molecule has 0 spiro atoms.